The predicted octanol–water partition coefficient (Wildman–Crippen LogP) is 1.08. The van der Waals surface area contributed by atoms with Gasteiger partial charge in [0.25, 0.3) is 0 Å². The molecule has 8 heteroatoms. The van der Waals surface area contributed by atoms with Crippen molar-refractivity contribution >= 4 is 29.5 Å². The van der Waals surface area contributed by atoms with Crippen LogP contribution in [0.2, 0.25) is 0 Å². The van der Waals surface area contributed by atoms with Crippen LogP contribution in [-0.4, -0.2) is 52.0 Å². The molecule has 0 aliphatic carbocycles. The maximum atomic E-state index is 12.1. The molecule has 3 amide bonds. The third kappa shape index (κ3) is 5.10. The van der Waals surface area contributed by atoms with E-state index in [0.717, 1.165) is 38.5 Å². The number of carbonyl (C=O) groups excluding carboxylic acids is 3. The summed E-state index contributed by atoms with van der Waals surface area (Å²) in [5, 5.41) is 14.4. The fourth-order valence-corrected chi connectivity index (χ4v) is 5.23. The Labute approximate surface area is 152 Å². The van der Waals surface area contributed by atoms with Crippen molar-refractivity contribution < 1.29 is 19.5 Å². The zero-order chi connectivity index (χ0) is 18.3. The molecular weight excluding hydrogens is 342 g/mol. The maximum absolute atomic E-state index is 12.1. The summed E-state index contributed by atoms with van der Waals surface area (Å²) in [7, 11) is 0. The third-order valence-electron chi connectivity index (χ3n) is 5.06. The van der Waals surface area contributed by atoms with Gasteiger partial charge in [-0.25, -0.2) is 4.79 Å². The van der Waals surface area contributed by atoms with E-state index in [1.807, 2.05) is 0 Å². The van der Waals surface area contributed by atoms with Crippen LogP contribution in [-0.2, 0) is 9.59 Å². The molecule has 2 fully saturated rings. The van der Waals surface area contributed by atoms with Crippen LogP contribution in [0, 0.1) is 0 Å². The zero-order valence-electron chi connectivity index (χ0n) is 14.6. The number of hydrogen-bond donors (Lipinski definition) is 4. The summed E-state index contributed by atoms with van der Waals surface area (Å²) in [6.45, 7) is 0.214. The van der Waals surface area contributed by atoms with Gasteiger partial charge in [-0.05, 0) is 25.7 Å². The minimum absolute atomic E-state index is 0.0504. The fraction of sp³-hybridized carbons (Fsp3) is 0.824. The molecule has 2 saturated heterocycles. The highest BCUT2D eigenvalue weighted by molar-refractivity contribution is 8.01. The lowest BCUT2D eigenvalue weighted by atomic mass is 9.88. The SMILES string of the molecule is NC(=O)[C@@]1(CCCCC(=O)CCCCCCO)SC[C@@H]2NC(=O)N[C@@H]21. The maximum Gasteiger partial charge on any atom is 0.315 e. The van der Waals surface area contributed by atoms with Crippen molar-refractivity contribution in [3.05, 3.63) is 0 Å². The molecule has 0 aromatic rings. The first-order valence-corrected chi connectivity index (χ1v) is 10.1. The van der Waals surface area contributed by atoms with Gasteiger partial charge in [-0.1, -0.05) is 19.3 Å². The van der Waals surface area contributed by atoms with E-state index in [-0.39, 0.29) is 36.4 Å². The number of ketones is 1. The number of thioether (sulfide) groups is 1. The molecule has 0 spiro atoms. The van der Waals surface area contributed by atoms with Gasteiger partial charge in [0.2, 0.25) is 5.91 Å². The summed E-state index contributed by atoms with van der Waals surface area (Å²) in [5.74, 6) is 0.549. The Morgan fingerprint density at radius 3 is 2.48 bits per heavy atom. The van der Waals surface area contributed by atoms with E-state index in [1.54, 1.807) is 0 Å². The van der Waals surface area contributed by atoms with Crippen molar-refractivity contribution in [3.63, 3.8) is 0 Å². The number of urea groups is 1. The molecule has 2 aliphatic heterocycles. The third-order valence-corrected chi connectivity index (χ3v) is 6.76. The van der Waals surface area contributed by atoms with Gasteiger partial charge in [-0.15, -0.1) is 11.8 Å². The summed E-state index contributed by atoms with van der Waals surface area (Å²) in [4.78, 5) is 35.5. The molecule has 0 bridgehead atoms. The molecule has 5 N–H and O–H groups in total. The van der Waals surface area contributed by atoms with Crippen LogP contribution in [0.15, 0.2) is 0 Å². The molecule has 7 nitrogen and oxygen atoms in total. The first-order valence-electron chi connectivity index (χ1n) is 9.13. The molecule has 0 saturated carbocycles. The van der Waals surface area contributed by atoms with Crippen molar-refractivity contribution in [1.29, 1.82) is 0 Å². The van der Waals surface area contributed by atoms with Crippen molar-refractivity contribution in [2.75, 3.05) is 12.4 Å². The second-order valence-electron chi connectivity index (χ2n) is 6.90. The van der Waals surface area contributed by atoms with Crippen LogP contribution >= 0.6 is 11.8 Å². The number of unbranched alkanes of at least 4 members (excludes halogenated alkanes) is 4. The minimum Gasteiger partial charge on any atom is -0.396 e. The zero-order valence-corrected chi connectivity index (χ0v) is 15.4. The molecular formula is C17H29N3O4S. The molecule has 25 heavy (non-hydrogen) atoms. The van der Waals surface area contributed by atoms with E-state index >= 15 is 0 Å². The Balaban J connectivity index is 1.70. The summed E-state index contributed by atoms with van der Waals surface area (Å²) < 4.78 is -0.767. The van der Waals surface area contributed by atoms with E-state index in [0.29, 0.717) is 25.0 Å². The van der Waals surface area contributed by atoms with E-state index in [9.17, 15) is 14.4 Å². The lowest BCUT2D eigenvalue weighted by molar-refractivity contribution is -0.121. The van der Waals surface area contributed by atoms with E-state index in [2.05, 4.69) is 10.6 Å². The second-order valence-corrected chi connectivity index (χ2v) is 8.25. The van der Waals surface area contributed by atoms with E-state index in [1.165, 1.54) is 11.8 Å². The molecule has 0 aromatic carbocycles. The van der Waals surface area contributed by atoms with Crippen molar-refractivity contribution in [2.45, 2.75) is 74.6 Å². The van der Waals surface area contributed by atoms with Crippen LogP contribution in [0.1, 0.15) is 57.8 Å². The van der Waals surface area contributed by atoms with Gasteiger partial charge in [0.05, 0.1) is 12.1 Å². The Morgan fingerprint density at radius 1 is 1.12 bits per heavy atom. The van der Waals surface area contributed by atoms with Crippen molar-refractivity contribution in [2.24, 2.45) is 5.73 Å². The smallest absolute Gasteiger partial charge is 0.315 e. The summed E-state index contributed by atoms with van der Waals surface area (Å²) in [6, 6.07) is -0.549. The lowest BCUT2D eigenvalue weighted by Gasteiger charge is -2.30. The normalized spacial score (nSPS) is 27.6. The van der Waals surface area contributed by atoms with Crippen LogP contribution < -0.4 is 16.4 Å². The molecule has 0 unspecified atom stereocenters. The van der Waals surface area contributed by atoms with Gasteiger partial charge in [-0.3, -0.25) is 9.59 Å². The highest BCUT2D eigenvalue weighted by atomic mass is 32.2. The molecule has 2 heterocycles. The van der Waals surface area contributed by atoms with Crippen LogP contribution in [0.5, 0.6) is 0 Å². The molecule has 3 atom stereocenters. The number of primary amides is 1. The molecule has 2 aliphatic rings. The van der Waals surface area contributed by atoms with Gasteiger partial charge in [0, 0.05) is 25.2 Å². The Hall–Kier alpha value is -1.28. The predicted molar refractivity (Wildman–Crippen MR) is 97.3 cm³/mol. The van der Waals surface area contributed by atoms with Crippen LogP contribution in [0.4, 0.5) is 4.79 Å². The number of aliphatic hydroxyl groups is 1. The van der Waals surface area contributed by atoms with Crippen molar-refractivity contribution in [1.82, 2.24) is 10.6 Å². The number of hydrogen-bond acceptors (Lipinski definition) is 5. The van der Waals surface area contributed by atoms with Gasteiger partial charge in [-0.2, -0.15) is 0 Å². The number of fused-ring (bicyclic) bond motifs is 1. The average Bonchev–Trinajstić information content (AvgIpc) is 3.10. The van der Waals surface area contributed by atoms with Crippen LogP contribution in [0.3, 0.4) is 0 Å². The first kappa shape index (κ1) is 20.0. The highest BCUT2D eigenvalue weighted by Crippen LogP contribution is 2.43. The molecule has 142 valence electrons. The van der Waals surface area contributed by atoms with Gasteiger partial charge in [0.15, 0.2) is 0 Å². The quantitative estimate of drug-likeness (QED) is 0.302. The Bertz CT molecular complexity index is 502. The lowest BCUT2D eigenvalue weighted by Crippen LogP contribution is -2.54. The standard InChI is InChI=1S/C17H29N3O4S/c18-15(23)17(14-13(11-25-17)19-16(24)20-14)9-5-4-8-12(22)7-3-1-2-6-10-21/h13-14,21H,1-11H2,(H2,18,23)(H2,19,20,24)/t13-,14-,17-/m0/s1. The minimum atomic E-state index is -0.767. The summed E-state index contributed by atoms with van der Waals surface area (Å²) in [5.41, 5.74) is 5.66. The largest absolute Gasteiger partial charge is 0.396 e. The average molecular weight is 372 g/mol. The van der Waals surface area contributed by atoms with Gasteiger partial charge >= 0.3 is 6.03 Å². The van der Waals surface area contributed by atoms with Crippen molar-refractivity contribution in [3.8, 4) is 0 Å². The number of Topliss-reactive ketones (excluding diaryl/α,β-unsaturated/α-hetero) is 1. The van der Waals surface area contributed by atoms with Crippen LogP contribution in [0.25, 0.3) is 0 Å². The highest BCUT2D eigenvalue weighted by Gasteiger charge is 2.56. The number of carbonyl (C=O) groups is 3. The first-order chi connectivity index (χ1) is 12.0. The topological polar surface area (TPSA) is 122 Å². The second kappa shape index (κ2) is 9.43. The number of nitrogens with two attached hydrogens (primary N) is 1. The summed E-state index contributed by atoms with van der Waals surface area (Å²) >= 11 is 1.52. The Morgan fingerprint density at radius 2 is 1.80 bits per heavy atom. The molecule has 0 radical (unpaired) electrons. The fourth-order valence-electron chi connectivity index (χ4n) is 3.64. The van der Waals surface area contributed by atoms with E-state index < -0.39 is 4.75 Å². The van der Waals surface area contributed by atoms with Gasteiger partial charge in [0.1, 0.15) is 10.5 Å². The number of rotatable bonds is 12. The van der Waals surface area contributed by atoms with Gasteiger partial charge < -0.3 is 21.5 Å². The van der Waals surface area contributed by atoms with E-state index in [4.69, 9.17) is 10.8 Å². The number of nitrogens with one attached hydrogen (secondary N) is 2. The number of amides is 3. The number of aliphatic hydroxyl groups excluding tert-OH is 1. The monoisotopic (exact) mass is 371 g/mol. The Kier molecular flexibility index (Phi) is 7.56. The summed E-state index contributed by atoms with van der Waals surface area (Å²) in [6.07, 6.45) is 6.79. The molecule has 2 rings (SSSR count). The molecule has 0 aromatic heterocycles.